The van der Waals surface area contributed by atoms with E-state index >= 15 is 0 Å². The number of rotatable bonds is 4. The van der Waals surface area contributed by atoms with Gasteiger partial charge >= 0.3 is 0 Å². The van der Waals surface area contributed by atoms with Crippen molar-refractivity contribution >= 4 is 27.3 Å². The fourth-order valence-electron chi connectivity index (χ4n) is 3.18. The molecule has 0 aromatic carbocycles. The van der Waals surface area contributed by atoms with Gasteiger partial charge in [0, 0.05) is 21.3 Å². The minimum atomic E-state index is -0.287. The minimum Gasteiger partial charge on any atom is -0.391 e. The van der Waals surface area contributed by atoms with E-state index in [1.807, 2.05) is 0 Å². The first-order valence-electron chi connectivity index (χ1n) is 7.03. The molecule has 0 bridgehead atoms. The first-order chi connectivity index (χ1) is 8.95. The largest absolute Gasteiger partial charge is 0.391 e. The highest BCUT2D eigenvalue weighted by molar-refractivity contribution is 9.10. The Labute approximate surface area is 129 Å². The summed E-state index contributed by atoms with van der Waals surface area (Å²) in [5, 5.41) is 12.9. The summed E-state index contributed by atoms with van der Waals surface area (Å²) in [6, 6.07) is 2.07. The number of nitrogens with zero attached hydrogens (tertiary/aromatic N) is 1. The van der Waals surface area contributed by atoms with Crippen molar-refractivity contribution < 1.29 is 5.11 Å². The van der Waals surface area contributed by atoms with Gasteiger partial charge in [0.15, 0.2) is 0 Å². The maximum atomic E-state index is 10.8. The Morgan fingerprint density at radius 3 is 2.58 bits per heavy atom. The van der Waals surface area contributed by atoms with Gasteiger partial charge in [-0.1, -0.05) is 6.92 Å². The van der Waals surface area contributed by atoms with Gasteiger partial charge in [-0.25, -0.2) is 0 Å². The third kappa shape index (κ3) is 3.23. The number of hydrogen-bond donors (Lipinski definition) is 1. The summed E-state index contributed by atoms with van der Waals surface area (Å²) in [7, 11) is 4.23. The summed E-state index contributed by atoms with van der Waals surface area (Å²) in [6.45, 7) is 2.32. The Balaban J connectivity index is 2.13. The molecule has 1 fully saturated rings. The summed E-state index contributed by atoms with van der Waals surface area (Å²) in [4.78, 5) is 3.51. The number of halogens is 1. The molecule has 1 atom stereocenters. The van der Waals surface area contributed by atoms with E-state index in [1.165, 1.54) is 17.7 Å². The molecule has 0 aliphatic heterocycles. The van der Waals surface area contributed by atoms with E-state index in [1.54, 1.807) is 11.3 Å². The zero-order chi connectivity index (χ0) is 14.0. The highest BCUT2D eigenvalue weighted by Crippen LogP contribution is 2.39. The molecule has 19 heavy (non-hydrogen) atoms. The summed E-state index contributed by atoms with van der Waals surface area (Å²) < 4.78 is 1.13. The molecule has 0 spiro atoms. The molecule has 1 N–H and O–H groups in total. The van der Waals surface area contributed by atoms with Crippen molar-refractivity contribution in [2.75, 3.05) is 14.1 Å². The van der Waals surface area contributed by atoms with Gasteiger partial charge in [-0.2, -0.15) is 0 Å². The van der Waals surface area contributed by atoms with Crippen LogP contribution < -0.4 is 0 Å². The maximum Gasteiger partial charge on any atom is 0.0772 e. The van der Waals surface area contributed by atoms with Gasteiger partial charge < -0.3 is 10.0 Å². The van der Waals surface area contributed by atoms with Crippen molar-refractivity contribution in [3.05, 3.63) is 20.8 Å². The monoisotopic (exact) mass is 345 g/mol. The van der Waals surface area contributed by atoms with E-state index < -0.39 is 0 Å². The molecule has 0 saturated heterocycles. The first kappa shape index (κ1) is 15.5. The maximum absolute atomic E-state index is 10.8. The second-order valence-corrected chi connectivity index (χ2v) is 7.95. The van der Waals surface area contributed by atoms with Crippen LogP contribution in [0, 0.1) is 5.92 Å². The van der Waals surface area contributed by atoms with Crippen molar-refractivity contribution in [3.8, 4) is 0 Å². The Hall–Kier alpha value is 0.1000. The van der Waals surface area contributed by atoms with Gasteiger partial charge in [-0.15, -0.1) is 11.3 Å². The summed E-state index contributed by atoms with van der Waals surface area (Å²) in [6.07, 6.45) is 5.12. The zero-order valence-electron chi connectivity index (χ0n) is 12.0. The van der Waals surface area contributed by atoms with Gasteiger partial charge in [-0.05, 0) is 73.1 Å². The number of hydrogen-bond acceptors (Lipinski definition) is 3. The molecule has 2 rings (SSSR count). The minimum absolute atomic E-state index is 0.0457. The van der Waals surface area contributed by atoms with E-state index in [4.69, 9.17) is 0 Å². The Kier molecular flexibility index (Phi) is 5.09. The lowest BCUT2D eigenvalue weighted by Gasteiger charge is -2.47. The highest BCUT2D eigenvalue weighted by atomic mass is 79.9. The van der Waals surface area contributed by atoms with Crippen LogP contribution >= 0.6 is 27.3 Å². The van der Waals surface area contributed by atoms with E-state index in [9.17, 15) is 5.11 Å². The van der Waals surface area contributed by atoms with Crippen LogP contribution in [0.2, 0.25) is 0 Å². The molecule has 1 unspecified atom stereocenters. The van der Waals surface area contributed by atoms with Crippen molar-refractivity contribution in [3.63, 3.8) is 0 Å². The number of likely N-dealkylation sites (N-methyl/N-ethyl adjacent to an activating group) is 1. The third-order valence-electron chi connectivity index (χ3n) is 4.72. The lowest BCUT2D eigenvalue weighted by atomic mass is 9.72. The number of aliphatic hydroxyl groups is 1. The molecule has 2 nitrogen and oxygen atoms in total. The molecule has 4 heteroatoms. The van der Waals surface area contributed by atoms with Crippen molar-refractivity contribution in [1.82, 2.24) is 4.90 Å². The topological polar surface area (TPSA) is 23.5 Å². The van der Waals surface area contributed by atoms with Crippen LogP contribution in [-0.4, -0.2) is 35.7 Å². The quantitative estimate of drug-likeness (QED) is 0.893. The van der Waals surface area contributed by atoms with Crippen molar-refractivity contribution in [1.29, 1.82) is 0 Å². The summed E-state index contributed by atoms with van der Waals surface area (Å²) in [5.74, 6) is 0.800. The van der Waals surface area contributed by atoms with Gasteiger partial charge in [0.2, 0.25) is 0 Å². The SMILES string of the molecule is CC1CCC(C(O)Cc2sccc2Br)(N(C)C)CC1. The molecule has 1 aliphatic carbocycles. The van der Waals surface area contributed by atoms with Crippen molar-refractivity contribution in [2.24, 2.45) is 5.92 Å². The zero-order valence-corrected chi connectivity index (χ0v) is 14.4. The van der Waals surface area contributed by atoms with Gasteiger partial charge in [-0.3, -0.25) is 0 Å². The lowest BCUT2D eigenvalue weighted by molar-refractivity contribution is -0.0379. The van der Waals surface area contributed by atoms with Crippen LogP contribution in [0.4, 0.5) is 0 Å². The molecule has 1 aliphatic rings. The fraction of sp³-hybridized carbons (Fsp3) is 0.733. The molecule has 0 radical (unpaired) electrons. The normalized spacial score (nSPS) is 29.7. The average molecular weight is 346 g/mol. The molecule has 1 heterocycles. The molecule has 1 aromatic rings. The standard InChI is InChI=1S/C15H24BrNOS/c1-11-4-7-15(8-5-11,17(2)3)14(18)10-13-12(16)6-9-19-13/h6,9,11,14,18H,4-5,7-8,10H2,1-3H3. The van der Waals surface area contributed by atoms with Gasteiger partial charge in [0.25, 0.3) is 0 Å². The van der Waals surface area contributed by atoms with E-state index in [0.717, 1.165) is 29.7 Å². The molecule has 1 saturated carbocycles. The van der Waals surface area contributed by atoms with Crippen LogP contribution in [0.1, 0.15) is 37.5 Å². The smallest absolute Gasteiger partial charge is 0.0772 e. The summed E-state index contributed by atoms with van der Waals surface area (Å²) in [5.41, 5.74) is -0.0457. The lowest BCUT2D eigenvalue weighted by Crippen LogP contribution is -2.56. The van der Waals surface area contributed by atoms with Crippen LogP contribution in [0.25, 0.3) is 0 Å². The Bertz CT molecular complexity index is 410. The number of aliphatic hydroxyl groups excluding tert-OH is 1. The number of thiophene rings is 1. The van der Waals surface area contributed by atoms with Crippen molar-refractivity contribution in [2.45, 2.75) is 50.7 Å². The first-order valence-corrected chi connectivity index (χ1v) is 8.70. The molecule has 1 aromatic heterocycles. The predicted molar refractivity (Wildman–Crippen MR) is 85.8 cm³/mol. The molecular weight excluding hydrogens is 322 g/mol. The van der Waals surface area contributed by atoms with E-state index in [-0.39, 0.29) is 11.6 Å². The predicted octanol–water partition coefficient (Wildman–Crippen LogP) is 3.92. The second kappa shape index (κ2) is 6.25. The van der Waals surface area contributed by atoms with Gasteiger partial charge in [0.1, 0.15) is 0 Å². The van der Waals surface area contributed by atoms with Crippen LogP contribution in [0.3, 0.4) is 0 Å². The third-order valence-corrected chi connectivity index (χ3v) is 6.67. The Morgan fingerprint density at radius 2 is 2.11 bits per heavy atom. The van der Waals surface area contributed by atoms with Crippen LogP contribution in [0.15, 0.2) is 15.9 Å². The second-order valence-electron chi connectivity index (χ2n) is 6.09. The van der Waals surface area contributed by atoms with Crippen LogP contribution in [0.5, 0.6) is 0 Å². The molecular formula is C15H24BrNOS. The summed E-state index contributed by atoms with van der Waals surface area (Å²) >= 11 is 5.30. The fourth-order valence-corrected chi connectivity index (χ4v) is 4.73. The molecule has 108 valence electrons. The van der Waals surface area contributed by atoms with Gasteiger partial charge in [0.05, 0.1) is 6.10 Å². The average Bonchev–Trinajstić information content (AvgIpc) is 2.76. The van der Waals surface area contributed by atoms with E-state index in [0.29, 0.717) is 0 Å². The highest BCUT2D eigenvalue weighted by Gasteiger charge is 2.42. The Morgan fingerprint density at radius 1 is 1.47 bits per heavy atom. The van der Waals surface area contributed by atoms with Crippen LogP contribution in [-0.2, 0) is 6.42 Å². The van der Waals surface area contributed by atoms with E-state index in [2.05, 4.69) is 53.3 Å². The molecule has 0 amide bonds.